The van der Waals surface area contributed by atoms with E-state index in [1.807, 2.05) is 0 Å². The highest BCUT2D eigenvalue weighted by atomic mass is 16.5. The number of ether oxygens (including phenoxy) is 1. The van der Waals surface area contributed by atoms with Crippen LogP contribution in [-0.4, -0.2) is 68.3 Å². The summed E-state index contributed by atoms with van der Waals surface area (Å²) in [7, 11) is 0. The van der Waals surface area contributed by atoms with E-state index < -0.39 is 0 Å². The molecule has 0 bridgehead atoms. The molecule has 0 unspecified atom stereocenters. The van der Waals surface area contributed by atoms with Crippen molar-refractivity contribution >= 4 is 0 Å². The Hall–Kier alpha value is -0.160. The van der Waals surface area contributed by atoms with Crippen LogP contribution in [0.2, 0.25) is 0 Å². The summed E-state index contributed by atoms with van der Waals surface area (Å²) in [6.45, 7) is 8.55. The van der Waals surface area contributed by atoms with E-state index in [1.54, 1.807) is 0 Å². The number of piperazine rings is 1. The highest BCUT2D eigenvalue weighted by molar-refractivity contribution is 4.80. The van der Waals surface area contributed by atoms with Crippen LogP contribution in [0, 0.1) is 0 Å². The second-order valence-electron chi connectivity index (χ2n) is 4.51. The van der Waals surface area contributed by atoms with Gasteiger partial charge in [0.1, 0.15) is 0 Å². The van der Waals surface area contributed by atoms with E-state index in [-0.39, 0.29) is 0 Å². The van der Waals surface area contributed by atoms with Crippen LogP contribution in [0.4, 0.5) is 0 Å². The molecule has 2 fully saturated rings. The van der Waals surface area contributed by atoms with Gasteiger partial charge < -0.3 is 10.5 Å². The molecular weight excluding hydrogens is 190 g/mol. The third kappa shape index (κ3) is 3.14. The predicted molar refractivity (Wildman–Crippen MR) is 60.9 cm³/mol. The highest BCUT2D eigenvalue weighted by Crippen LogP contribution is 2.16. The van der Waals surface area contributed by atoms with Crippen LogP contribution >= 0.6 is 0 Å². The molecule has 0 saturated carbocycles. The molecule has 2 N–H and O–H groups in total. The topological polar surface area (TPSA) is 41.7 Å². The van der Waals surface area contributed by atoms with Gasteiger partial charge in [-0.05, 0) is 12.8 Å². The zero-order valence-electron chi connectivity index (χ0n) is 9.53. The van der Waals surface area contributed by atoms with Crippen molar-refractivity contribution in [2.24, 2.45) is 5.73 Å². The van der Waals surface area contributed by atoms with Crippen LogP contribution in [0.5, 0.6) is 0 Å². The van der Waals surface area contributed by atoms with Gasteiger partial charge in [0.25, 0.3) is 0 Å². The lowest BCUT2D eigenvalue weighted by Gasteiger charge is -2.40. The van der Waals surface area contributed by atoms with Gasteiger partial charge in [0.15, 0.2) is 0 Å². The van der Waals surface area contributed by atoms with Gasteiger partial charge in [-0.25, -0.2) is 0 Å². The Morgan fingerprint density at radius 1 is 1.07 bits per heavy atom. The Bertz CT molecular complexity index is 175. The van der Waals surface area contributed by atoms with Crippen molar-refractivity contribution in [3.63, 3.8) is 0 Å². The molecule has 0 aliphatic carbocycles. The smallest absolute Gasteiger partial charge is 0.0480 e. The maximum absolute atomic E-state index is 5.57. The van der Waals surface area contributed by atoms with E-state index in [1.165, 1.54) is 39.0 Å². The Morgan fingerprint density at radius 3 is 2.33 bits per heavy atom. The highest BCUT2D eigenvalue weighted by Gasteiger charge is 2.24. The van der Waals surface area contributed by atoms with E-state index in [2.05, 4.69) is 9.80 Å². The zero-order chi connectivity index (χ0) is 10.5. The monoisotopic (exact) mass is 213 g/mol. The minimum atomic E-state index is 0.777. The van der Waals surface area contributed by atoms with Crippen LogP contribution < -0.4 is 5.73 Å². The second-order valence-corrected chi connectivity index (χ2v) is 4.51. The Morgan fingerprint density at radius 2 is 1.73 bits per heavy atom. The molecule has 0 aromatic heterocycles. The Labute approximate surface area is 92.4 Å². The van der Waals surface area contributed by atoms with Crippen LogP contribution in [0.15, 0.2) is 0 Å². The van der Waals surface area contributed by atoms with Gasteiger partial charge in [0.2, 0.25) is 0 Å². The summed E-state index contributed by atoms with van der Waals surface area (Å²) in [5, 5.41) is 0. The van der Waals surface area contributed by atoms with E-state index >= 15 is 0 Å². The number of nitrogens with two attached hydrogens (primary N) is 1. The number of hydrogen-bond acceptors (Lipinski definition) is 4. The summed E-state index contributed by atoms with van der Waals surface area (Å²) in [6, 6.07) is 0.777. The van der Waals surface area contributed by atoms with Crippen molar-refractivity contribution in [2.45, 2.75) is 18.9 Å². The fourth-order valence-electron chi connectivity index (χ4n) is 2.58. The molecule has 0 atom stereocenters. The fourth-order valence-corrected chi connectivity index (χ4v) is 2.58. The van der Waals surface area contributed by atoms with Crippen molar-refractivity contribution in [3.05, 3.63) is 0 Å². The lowest BCUT2D eigenvalue weighted by molar-refractivity contribution is 0.0143. The lowest BCUT2D eigenvalue weighted by Crippen LogP contribution is -2.52. The quantitative estimate of drug-likeness (QED) is 0.701. The van der Waals surface area contributed by atoms with Crippen molar-refractivity contribution in [3.8, 4) is 0 Å². The summed E-state index contributed by atoms with van der Waals surface area (Å²) < 4.78 is 5.40. The minimum absolute atomic E-state index is 0.777. The van der Waals surface area contributed by atoms with Gasteiger partial charge >= 0.3 is 0 Å². The molecular formula is C11H23N3O. The van der Waals surface area contributed by atoms with Crippen LogP contribution in [0.3, 0.4) is 0 Å². The van der Waals surface area contributed by atoms with Gasteiger partial charge in [-0.3, -0.25) is 9.80 Å². The second kappa shape index (κ2) is 5.80. The van der Waals surface area contributed by atoms with E-state index in [4.69, 9.17) is 10.5 Å². The third-order valence-corrected chi connectivity index (χ3v) is 3.56. The Kier molecular flexibility index (Phi) is 4.38. The van der Waals surface area contributed by atoms with Crippen molar-refractivity contribution in [1.29, 1.82) is 0 Å². The van der Waals surface area contributed by atoms with Gasteiger partial charge in [-0.2, -0.15) is 0 Å². The van der Waals surface area contributed by atoms with Crippen LogP contribution in [0.1, 0.15) is 12.8 Å². The largest absolute Gasteiger partial charge is 0.381 e. The van der Waals surface area contributed by atoms with Gasteiger partial charge in [-0.15, -0.1) is 0 Å². The normalized spacial score (nSPS) is 27.0. The summed E-state index contributed by atoms with van der Waals surface area (Å²) in [6.07, 6.45) is 2.44. The molecule has 0 amide bonds. The summed E-state index contributed by atoms with van der Waals surface area (Å²) in [5.74, 6) is 0. The number of nitrogens with zero attached hydrogens (tertiary/aromatic N) is 2. The molecule has 0 aromatic carbocycles. The zero-order valence-corrected chi connectivity index (χ0v) is 9.53. The molecule has 0 radical (unpaired) electrons. The van der Waals surface area contributed by atoms with Crippen molar-refractivity contribution in [2.75, 3.05) is 52.5 Å². The third-order valence-electron chi connectivity index (χ3n) is 3.56. The van der Waals surface area contributed by atoms with Crippen LogP contribution in [0.25, 0.3) is 0 Å². The van der Waals surface area contributed by atoms with Gasteiger partial charge in [0.05, 0.1) is 0 Å². The number of hydrogen-bond donors (Lipinski definition) is 1. The van der Waals surface area contributed by atoms with Crippen molar-refractivity contribution in [1.82, 2.24) is 9.80 Å². The molecule has 2 saturated heterocycles. The molecule has 4 nitrogen and oxygen atoms in total. The predicted octanol–water partition coefficient (Wildman–Crippen LogP) is -0.258. The Balaban J connectivity index is 1.72. The number of rotatable bonds is 3. The molecule has 15 heavy (non-hydrogen) atoms. The molecule has 2 aliphatic heterocycles. The SMILES string of the molecule is NCCN1CCN(C2CCOCC2)CC1. The average molecular weight is 213 g/mol. The first-order chi connectivity index (χ1) is 7.40. The standard InChI is InChI=1S/C11H23N3O/c12-3-4-13-5-7-14(8-6-13)11-1-9-15-10-2-11/h11H,1-10,12H2. The molecule has 2 heterocycles. The summed E-state index contributed by atoms with van der Waals surface area (Å²) in [5.41, 5.74) is 5.57. The molecule has 0 spiro atoms. The molecule has 2 aliphatic rings. The molecule has 2 rings (SSSR count). The first-order valence-electron chi connectivity index (χ1n) is 6.14. The van der Waals surface area contributed by atoms with Crippen LogP contribution in [-0.2, 0) is 4.74 Å². The van der Waals surface area contributed by atoms with Gasteiger partial charge in [0, 0.05) is 58.5 Å². The van der Waals surface area contributed by atoms with Crippen molar-refractivity contribution < 1.29 is 4.74 Å². The molecule has 0 aromatic rings. The summed E-state index contributed by atoms with van der Waals surface area (Å²) >= 11 is 0. The first-order valence-corrected chi connectivity index (χ1v) is 6.14. The molecule has 88 valence electrons. The van der Waals surface area contributed by atoms with E-state index in [9.17, 15) is 0 Å². The maximum Gasteiger partial charge on any atom is 0.0480 e. The first kappa shape index (κ1) is 11.3. The van der Waals surface area contributed by atoms with Gasteiger partial charge in [-0.1, -0.05) is 0 Å². The minimum Gasteiger partial charge on any atom is -0.381 e. The summed E-state index contributed by atoms with van der Waals surface area (Å²) in [4.78, 5) is 5.10. The van der Waals surface area contributed by atoms with E-state index in [0.717, 1.165) is 32.3 Å². The maximum atomic E-state index is 5.57. The lowest BCUT2D eigenvalue weighted by atomic mass is 10.1. The fraction of sp³-hybridized carbons (Fsp3) is 1.00. The average Bonchev–Trinajstić information content (AvgIpc) is 2.32. The molecule has 4 heteroatoms. The van der Waals surface area contributed by atoms with E-state index in [0.29, 0.717) is 0 Å².